The van der Waals surface area contributed by atoms with Gasteiger partial charge in [-0.1, -0.05) is 42.0 Å². The maximum Gasteiger partial charge on any atom is 0.199 e. The molecule has 2 aromatic rings. The maximum atomic E-state index is 6.15. The first-order valence-corrected chi connectivity index (χ1v) is 13.6. The molecule has 2 unspecified atom stereocenters. The quantitative estimate of drug-likeness (QED) is 0.419. The van der Waals surface area contributed by atoms with Gasteiger partial charge in [0.05, 0.1) is 18.4 Å². The Hall–Kier alpha value is -2.47. The molecule has 0 saturated carbocycles. The molecule has 0 bridgehead atoms. The number of anilines is 1. The van der Waals surface area contributed by atoms with E-state index >= 15 is 0 Å². The van der Waals surface area contributed by atoms with Crippen LogP contribution in [0.2, 0.25) is 5.02 Å². The third kappa shape index (κ3) is 6.21. The highest BCUT2D eigenvalue weighted by molar-refractivity contribution is 8.00. The lowest BCUT2D eigenvalue weighted by atomic mass is 10.0. The average Bonchev–Trinajstić information content (AvgIpc) is 3.04. The smallest absolute Gasteiger partial charge is 0.199 e. The van der Waals surface area contributed by atoms with E-state index < -0.39 is 0 Å². The van der Waals surface area contributed by atoms with Crippen molar-refractivity contribution in [1.29, 1.82) is 0 Å². The molecule has 2 heterocycles. The number of likely N-dealkylation sites (N-methyl/N-ethyl adjacent to an activating group) is 1. The summed E-state index contributed by atoms with van der Waals surface area (Å²) in [6.07, 6.45) is 14.9. The minimum absolute atomic E-state index is 0.142. The molecule has 0 amide bonds. The zero-order valence-electron chi connectivity index (χ0n) is 20.0. The molecule has 2 aromatic carbocycles. The van der Waals surface area contributed by atoms with Gasteiger partial charge in [-0.3, -0.25) is 4.99 Å². The Morgan fingerprint density at radius 2 is 2.06 bits per heavy atom. The summed E-state index contributed by atoms with van der Waals surface area (Å²) in [6, 6.07) is 14.4. The van der Waals surface area contributed by atoms with E-state index in [-0.39, 0.29) is 11.5 Å². The summed E-state index contributed by atoms with van der Waals surface area (Å²) in [5, 5.41) is 1.03. The predicted molar refractivity (Wildman–Crippen MR) is 147 cm³/mol. The first kappa shape index (κ1) is 24.2. The van der Waals surface area contributed by atoms with Gasteiger partial charge in [-0.05, 0) is 54.8 Å². The molecule has 6 heteroatoms. The van der Waals surface area contributed by atoms with Crippen molar-refractivity contribution >= 4 is 34.8 Å². The number of allylic oxidation sites excluding steroid dienone is 4. The first-order chi connectivity index (χ1) is 17.2. The predicted octanol–water partition coefficient (Wildman–Crippen LogP) is 7.09. The summed E-state index contributed by atoms with van der Waals surface area (Å²) in [5.41, 5.74) is 4.76. The Labute approximate surface area is 217 Å². The molecule has 0 N–H and O–H groups in total. The topological polar surface area (TPSA) is 34.1 Å². The molecule has 5 rings (SSSR count). The lowest BCUT2D eigenvalue weighted by Crippen LogP contribution is -2.25. The summed E-state index contributed by atoms with van der Waals surface area (Å²) in [5.74, 6) is 0.863. The standard InChI is InChI=1S/C29H31ClN2O2S/c1-32-18-17-31-26(25-15-12-23(20-27(25)32)34-29-8-4-5-19-33-29)16-9-21-6-2-3-7-28(21)35-24-13-10-22(30)11-14-24/h2-3,6-7,9-15,20,28-29H,4-5,8,16-19H2,1H3. The van der Waals surface area contributed by atoms with Crippen LogP contribution < -0.4 is 9.64 Å². The summed E-state index contributed by atoms with van der Waals surface area (Å²) >= 11 is 7.90. The zero-order valence-corrected chi connectivity index (χ0v) is 21.6. The molecular weight excluding hydrogens is 476 g/mol. The molecule has 0 spiro atoms. The fourth-order valence-electron chi connectivity index (χ4n) is 4.52. The Kier molecular flexibility index (Phi) is 7.97. The van der Waals surface area contributed by atoms with E-state index in [1.165, 1.54) is 21.7 Å². The molecule has 1 saturated heterocycles. The number of hydrogen-bond acceptors (Lipinski definition) is 5. The van der Waals surface area contributed by atoms with Crippen LogP contribution in [0, 0.1) is 0 Å². The Bertz CT molecular complexity index is 1150. The van der Waals surface area contributed by atoms with E-state index in [1.807, 2.05) is 23.9 Å². The SMILES string of the molecule is CN1CCN=C(CC=C2C=CC=CC2Sc2ccc(Cl)cc2)c2ccc(OC3CCCCO3)cc21. The molecular formula is C29H31ClN2O2S. The number of aliphatic imine (C=N–C) groups is 1. The van der Waals surface area contributed by atoms with Crippen LogP contribution in [-0.4, -0.2) is 44.0 Å². The number of halogens is 1. The molecule has 4 nitrogen and oxygen atoms in total. The summed E-state index contributed by atoms with van der Waals surface area (Å²) in [4.78, 5) is 8.45. The van der Waals surface area contributed by atoms with Crippen LogP contribution >= 0.6 is 23.4 Å². The summed E-state index contributed by atoms with van der Waals surface area (Å²) in [6.45, 7) is 2.44. The number of fused-ring (bicyclic) bond motifs is 1. The minimum Gasteiger partial charge on any atom is -0.465 e. The van der Waals surface area contributed by atoms with E-state index in [9.17, 15) is 0 Å². The van der Waals surface area contributed by atoms with Crippen LogP contribution in [0.15, 0.2) is 88.3 Å². The summed E-state index contributed by atoms with van der Waals surface area (Å²) < 4.78 is 11.9. The number of benzodiazepines with no additional fused rings is 1. The maximum absolute atomic E-state index is 6.15. The molecule has 35 heavy (non-hydrogen) atoms. The number of thioether (sulfide) groups is 1. The third-order valence-corrected chi connectivity index (χ3v) is 7.94. The number of benzene rings is 2. The van der Waals surface area contributed by atoms with Crippen molar-refractivity contribution in [1.82, 2.24) is 0 Å². The second-order valence-electron chi connectivity index (χ2n) is 8.99. The van der Waals surface area contributed by atoms with Crippen molar-refractivity contribution in [3.63, 3.8) is 0 Å². The van der Waals surface area contributed by atoms with Gasteiger partial charge in [0.15, 0.2) is 6.29 Å². The van der Waals surface area contributed by atoms with E-state index in [0.29, 0.717) is 0 Å². The highest BCUT2D eigenvalue weighted by Gasteiger charge is 2.20. The van der Waals surface area contributed by atoms with Gasteiger partial charge in [-0.25, -0.2) is 0 Å². The van der Waals surface area contributed by atoms with Gasteiger partial charge < -0.3 is 14.4 Å². The highest BCUT2D eigenvalue weighted by Crippen LogP contribution is 2.34. The second-order valence-corrected chi connectivity index (χ2v) is 10.6. The van der Waals surface area contributed by atoms with Crippen LogP contribution in [0.25, 0.3) is 0 Å². The molecule has 182 valence electrons. The Morgan fingerprint density at radius 3 is 2.89 bits per heavy atom. The number of rotatable bonds is 6. The van der Waals surface area contributed by atoms with E-state index in [0.717, 1.165) is 61.9 Å². The average molecular weight is 507 g/mol. The van der Waals surface area contributed by atoms with Crippen molar-refractivity contribution < 1.29 is 9.47 Å². The highest BCUT2D eigenvalue weighted by atomic mass is 35.5. The summed E-state index contributed by atoms with van der Waals surface area (Å²) in [7, 11) is 2.13. The van der Waals surface area contributed by atoms with Gasteiger partial charge in [0.25, 0.3) is 0 Å². The fourth-order valence-corrected chi connectivity index (χ4v) is 5.71. The first-order valence-electron chi connectivity index (χ1n) is 12.3. The molecule has 2 atom stereocenters. The third-order valence-electron chi connectivity index (χ3n) is 6.46. The largest absolute Gasteiger partial charge is 0.465 e. The molecule has 0 aromatic heterocycles. The van der Waals surface area contributed by atoms with Crippen molar-refractivity contribution in [2.45, 2.75) is 42.1 Å². The monoisotopic (exact) mass is 506 g/mol. The van der Waals surface area contributed by atoms with Crippen LogP contribution in [0.5, 0.6) is 5.75 Å². The number of ether oxygens (including phenoxy) is 2. The molecule has 0 radical (unpaired) electrons. The van der Waals surface area contributed by atoms with Gasteiger partial charge in [-0.15, -0.1) is 11.8 Å². The van der Waals surface area contributed by atoms with Gasteiger partial charge in [0.2, 0.25) is 0 Å². The zero-order chi connectivity index (χ0) is 24.0. The van der Waals surface area contributed by atoms with E-state index in [1.54, 1.807) is 0 Å². The van der Waals surface area contributed by atoms with Crippen molar-refractivity contribution in [2.24, 2.45) is 4.99 Å². The van der Waals surface area contributed by atoms with Gasteiger partial charge in [0, 0.05) is 59.4 Å². The van der Waals surface area contributed by atoms with Crippen LogP contribution in [-0.2, 0) is 4.74 Å². The van der Waals surface area contributed by atoms with Crippen LogP contribution in [0.4, 0.5) is 5.69 Å². The molecule has 1 fully saturated rings. The normalized spacial score (nSPS) is 23.1. The molecule has 3 aliphatic rings. The Morgan fingerprint density at radius 1 is 1.17 bits per heavy atom. The second kappa shape index (κ2) is 11.5. The van der Waals surface area contributed by atoms with Gasteiger partial charge in [-0.2, -0.15) is 0 Å². The molecule has 2 aliphatic heterocycles. The molecule has 1 aliphatic carbocycles. The van der Waals surface area contributed by atoms with Crippen LogP contribution in [0.3, 0.4) is 0 Å². The van der Waals surface area contributed by atoms with Crippen molar-refractivity contribution in [3.8, 4) is 5.75 Å². The van der Waals surface area contributed by atoms with Crippen LogP contribution in [0.1, 0.15) is 31.2 Å². The van der Waals surface area contributed by atoms with E-state index in [2.05, 4.69) is 72.7 Å². The van der Waals surface area contributed by atoms with Crippen molar-refractivity contribution in [2.75, 3.05) is 31.6 Å². The number of hydrogen-bond donors (Lipinski definition) is 0. The lowest BCUT2D eigenvalue weighted by molar-refractivity contribution is -0.105. The fraction of sp³-hybridized carbons (Fsp3) is 0.345. The van der Waals surface area contributed by atoms with E-state index in [4.69, 9.17) is 26.1 Å². The Balaban J connectivity index is 1.33. The number of nitrogens with zero attached hydrogens (tertiary/aromatic N) is 2. The van der Waals surface area contributed by atoms with Gasteiger partial charge >= 0.3 is 0 Å². The van der Waals surface area contributed by atoms with Crippen molar-refractivity contribution in [3.05, 3.63) is 89.0 Å². The van der Waals surface area contributed by atoms with Gasteiger partial charge in [0.1, 0.15) is 5.75 Å². The lowest BCUT2D eigenvalue weighted by Gasteiger charge is -2.25. The minimum atomic E-state index is -0.142.